The number of aliphatic hydroxyl groups excluding tert-OH is 1. The molecule has 1 aromatic heterocycles. The Bertz CT molecular complexity index is 1640. The van der Waals surface area contributed by atoms with Gasteiger partial charge < -0.3 is 24.8 Å². The lowest BCUT2D eigenvalue weighted by molar-refractivity contribution is -0.253. The van der Waals surface area contributed by atoms with Crippen LogP contribution in [0, 0.1) is 0 Å². The molecule has 0 unspecified atom stereocenters. The van der Waals surface area contributed by atoms with Gasteiger partial charge in [-0.1, -0.05) is 60.7 Å². The summed E-state index contributed by atoms with van der Waals surface area (Å²) in [4.78, 5) is 21.9. The molecule has 4 atom stereocenters. The number of pyridine rings is 1. The van der Waals surface area contributed by atoms with Gasteiger partial charge in [0.2, 0.25) is 0 Å². The van der Waals surface area contributed by atoms with Gasteiger partial charge in [-0.05, 0) is 97.4 Å². The number of nitrogens with one attached hydrogen (secondary N) is 1. The first-order valence-corrected chi connectivity index (χ1v) is 17.5. The molecular formula is C40H46N4O4. The smallest absolute Gasteiger partial charge is 0.253 e. The van der Waals surface area contributed by atoms with Crippen molar-refractivity contribution in [2.75, 3.05) is 32.7 Å². The summed E-state index contributed by atoms with van der Waals surface area (Å²) in [7, 11) is 0. The first kappa shape index (κ1) is 32.6. The van der Waals surface area contributed by atoms with E-state index in [4.69, 9.17) is 9.47 Å². The Hall–Kier alpha value is -3.92. The normalized spacial score (nSPS) is 23.4. The minimum atomic E-state index is -0.507. The maximum atomic E-state index is 12.6. The van der Waals surface area contributed by atoms with Crippen LogP contribution in [0.15, 0.2) is 97.3 Å². The Morgan fingerprint density at radius 1 is 0.833 bits per heavy atom. The second-order valence-electron chi connectivity index (χ2n) is 13.4. The lowest BCUT2D eigenvalue weighted by atomic mass is 9.98. The van der Waals surface area contributed by atoms with Gasteiger partial charge in [-0.15, -0.1) is 0 Å². The second kappa shape index (κ2) is 15.5. The molecule has 8 heteroatoms. The fourth-order valence-corrected chi connectivity index (χ4v) is 7.41. The summed E-state index contributed by atoms with van der Waals surface area (Å²) in [5.74, 6) is -0.145. The molecule has 1 amide bonds. The van der Waals surface area contributed by atoms with Gasteiger partial charge in [0.05, 0.1) is 24.4 Å². The number of amides is 1. The van der Waals surface area contributed by atoms with E-state index in [0.717, 1.165) is 59.4 Å². The largest absolute Gasteiger partial charge is 0.392 e. The van der Waals surface area contributed by atoms with E-state index >= 15 is 0 Å². The summed E-state index contributed by atoms with van der Waals surface area (Å²) in [6, 6.07) is 28.9. The third-order valence-corrected chi connectivity index (χ3v) is 10.0. The predicted octanol–water partition coefficient (Wildman–Crippen LogP) is 6.28. The SMILES string of the molecule is O=C(NCc1cccc(-c2cccc([C@@H]3O[C@H](CN4CCC[C@H]4CN4CCCC4)C[C@H](c4ccc(CO)cc4)O3)c2)c1)c1cccnc1. The first-order valence-electron chi connectivity index (χ1n) is 17.5. The van der Waals surface area contributed by atoms with Crippen molar-refractivity contribution in [2.45, 2.75) is 69.8 Å². The van der Waals surface area contributed by atoms with Crippen LogP contribution in [0.4, 0.5) is 0 Å². The molecule has 0 radical (unpaired) electrons. The van der Waals surface area contributed by atoms with Crippen molar-refractivity contribution in [3.63, 3.8) is 0 Å². The monoisotopic (exact) mass is 646 g/mol. The molecule has 3 fully saturated rings. The van der Waals surface area contributed by atoms with Crippen molar-refractivity contribution in [3.05, 3.63) is 125 Å². The number of hydrogen-bond donors (Lipinski definition) is 2. The third kappa shape index (κ3) is 8.02. The number of carbonyl (C=O) groups excluding carboxylic acids is 1. The van der Waals surface area contributed by atoms with Crippen LogP contribution in [0.25, 0.3) is 11.1 Å². The number of hydrogen-bond acceptors (Lipinski definition) is 7. The summed E-state index contributed by atoms with van der Waals surface area (Å²) >= 11 is 0. The predicted molar refractivity (Wildman–Crippen MR) is 186 cm³/mol. The van der Waals surface area contributed by atoms with Gasteiger partial charge in [-0.25, -0.2) is 0 Å². The van der Waals surface area contributed by atoms with Crippen LogP contribution in [-0.4, -0.2) is 70.7 Å². The average molecular weight is 647 g/mol. The number of likely N-dealkylation sites (tertiary alicyclic amines) is 2. The standard InChI is InChI=1S/C40H46N4O4/c45-28-29-13-15-31(16-14-29)38-23-37(27-44-20-6-12-36(44)26-43-18-1-2-19-43)47-40(48-38)34-10-4-9-33(22-34)32-8-3-7-30(21-32)24-42-39(46)35-11-5-17-41-25-35/h3-5,7-11,13-17,21-22,25,36-38,40,45H,1-2,6,12,18-20,23-24,26-28H2,(H,42,46)/t36-,37-,38+,40+/m0/s1. The van der Waals surface area contributed by atoms with Gasteiger partial charge in [-0.3, -0.25) is 14.7 Å². The van der Waals surface area contributed by atoms with Crippen molar-refractivity contribution < 1.29 is 19.4 Å². The van der Waals surface area contributed by atoms with Crippen LogP contribution >= 0.6 is 0 Å². The Balaban J connectivity index is 1.08. The Morgan fingerprint density at radius 3 is 2.44 bits per heavy atom. The van der Waals surface area contributed by atoms with Crippen LogP contribution in [0.1, 0.15) is 77.1 Å². The molecule has 48 heavy (non-hydrogen) atoms. The van der Waals surface area contributed by atoms with E-state index in [1.807, 2.05) is 24.3 Å². The zero-order chi connectivity index (χ0) is 32.7. The van der Waals surface area contributed by atoms with Gasteiger partial charge in [0, 0.05) is 50.1 Å². The highest BCUT2D eigenvalue weighted by molar-refractivity contribution is 5.93. The molecule has 3 saturated heterocycles. The van der Waals surface area contributed by atoms with E-state index in [0.29, 0.717) is 18.2 Å². The number of ether oxygens (including phenoxy) is 2. The highest BCUT2D eigenvalue weighted by Crippen LogP contribution is 2.39. The molecule has 8 nitrogen and oxygen atoms in total. The second-order valence-corrected chi connectivity index (χ2v) is 13.4. The molecule has 0 bridgehead atoms. The quantitative estimate of drug-likeness (QED) is 0.199. The van der Waals surface area contributed by atoms with Gasteiger partial charge in [0.1, 0.15) is 0 Å². The Morgan fingerprint density at radius 2 is 1.65 bits per heavy atom. The van der Waals surface area contributed by atoms with Crippen molar-refractivity contribution in [1.82, 2.24) is 20.1 Å². The molecule has 3 aliphatic rings. The Labute approximate surface area is 283 Å². The van der Waals surface area contributed by atoms with E-state index in [-0.39, 0.29) is 24.7 Å². The minimum Gasteiger partial charge on any atom is -0.392 e. The molecule has 0 aliphatic carbocycles. The van der Waals surface area contributed by atoms with E-state index in [9.17, 15) is 9.90 Å². The molecule has 0 spiro atoms. The van der Waals surface area contributed by atoms with Crippen LogP contribution in [0.3, 0.4) is 0 Å². The topological polar surface area (TPSA) is 87.2 Å². The zero-order valence-electron chi connectivity index (χ0n) is 27.5. The van der Waals surface area contributed by atoms with Crippen LogP contribution in [-0.2, 0) is 22.6 Å². The third-order valence-electron chi connectivity index (χ3n) is 10.0. The first-order chi connectivity index (χ1) is 23.6. The molecule has 250 valence electrons. The van der Waals surface area contributed by atoms with Crippen LogP contribution in [0.2, 0.25) is 0 Å². The highest BCUT2D eigenvalue weighted by Gasteiger charge is 2.36. The number of carbonyl (C=O) groups is 1. The lowest BCUT2D eigenvalue weighted by Gasteiger charge is -2.39. The van der Waals surface area contributed by atoms with Gasteiger partial charge in [0.15, 0.2) is 6.29 Å². The van der Waals surface area contributed by atoms with Crippen molar-refractivity contribution in [3.8, 4) is 11.1 Å². The summed E-state index contributed by atoms with van der Waals surface area (Å²) in [5, 5.41) is 12.6. The molecule has 0 saturated carbocycles. The number of benzene rings is 3. The molecule has 3 aromatic carbocycles. The summed E-state index contributed by atoms with van der Waals surface area (Å²) in [5.41, 5.74) is 6.68. The van der Waals surface area contributed by atoms with Gasteiger partial charge >= 0.3 is 0 Å². The maximum Gasteiger partial charge on any atom is 0.253 e. The molecule has 7 rings (SSSR count). The number of aromatic nitrogens is 1. The van der Waals surface area contributed by atoms with Crippen molar-refractivity contribution in [1.29, 1.82) is 0 Å². The minimum absolute atomic E-state index is 0.0262. The van der Waals surface area contributed by atoms with E-state index in [2.05, 4.69) is 68.6 Å². The van der Waals surface area contributed by atoms with E-state index < -0.39 is 6.29 Å². The average Bonchev–Trinajstić information content (AvgIpc) is 3.83. The highest BCUT2D eigenvalue weighted by atomic mass is 16.7. The van der Waals surface area contributed by atoms with Crippen LogP contribution < -0.4 is 5.32 Å². The van der Waals surface area contributed by atoms with Crippen LogP contribution in [0.5, 0.6) is 0 Å². The number of nitrogens with zero attached hydrogens (tertiary/aromatic N) is 3. The zero-order valence-corrected chi connectivity index (χ0v) is 27.5. The molecule has 4 aromatic rings. The van der Waals surface area contributed by atoms with Crippen molar-refractivity contribution >= 4 is 5.91 Å². The van der Waals surface area contributed by atoms with Gasteiger partial charge in [0.25, 0.3) is 5.91 Å². The number of aliphatic hydroxyl groups is 1. The summed E-state index contributed by atoms with van der Waals surface area (Å²) in [6.45, 7) is 6.08. The molecule has 3 aliphatic heterocycles. The summed E-state index contributed by atoms with van der Waals surface area (Å²) < 4.78 is 13.5. The van der Waals surface area contributed by atoms with Crippen molar-refractivity contribution in [2.24, 2.45) is 0 Å². The Kier molecular flexibility index (Phi) is 10.6. The van der Waals surface area contributed by atoms with E-state index in [1.54, 1.807) is 24.5 Å². The van der Waals surface area contributed by atoms with E-state index in [1.165, 1.54) is 38.8 Å². The van der Waals surface area contributed by atoms with Gasteiger partial charge in [-0.2, -0.15) is 0 Å². The lowest BCUT2D eigenvalue weighted by Crippen LogP contribution is -2.45. The maximum absolute atomic E-state index is 12.6. The molecule has 2 N–H and O–H groups in total. The molecular weight excluding hydrogens is 600 g/mol. The number of rotatable bonds is 11. The fraction of sp³-hybridized carbons (Fsp3) is 0.400. The molecule has 4 heterocycles. The summed E-state index contributed by atoms with van der Waals surface area (Å²) in [6.07, 6.45) is 8.56. The fourth-order valence-electron chi connectivity index (χ4n) is 7.41.